The topological polar surface area (TPSA) is 29.5 Å². The van der Waals surface area contributed by atoms with Crippen molar-refractivity contribution < 1.29 is 9.53 Å². The van der Waals surface area contributed by atoms with Crippen LogP contribution in [-0.2, 0) is 11.2 Å². The van der Waals surface area contributed by atoms with Gasteiger partial charge in [0.15, 0.2) is 0 Å². The van der Waals surface area contributed by atoms with Crippen LogP contribution < -0.4 is 4.74 Å². The average molecular weight is 357 g/mol. The quantitative estimate of drug-likeness (QED) is 0.755. The lowest BCUT2D eigenvalue weighted by Crippen LogP contribution is -2.41. The van der Waals surface area contributed by atoms with Crippen LogP contribution in [0, 0.1) is 26.7 Å². The number of amides is 1. The number of benzene rings is 1. The van der Waals surface area contributed by atoms with Gasteiger partial charge in [-0.3, -0.25) is 4.79 Å². The number of likely N-dealkylation sites (tertiary alicyclic amines) is 1. The number of ether oxygens (including phenoxy) is 1. The van der Waals surface area contributed by atoms with Crippen LogP contribution in [0.15, 0.2) is 24.3 Å². The fourth-order valence-corrected chi connectivity index (χ4v) is 4.20. The van der Waals surface area contributed by atoms with Gasteiger partial charge >= 0.3 is 0 Å². The first-order chi connectivity index (χ1) is 11.6. The van der Waals surface area contributed by atoms with Crippen molar-refractivity contribution in [1.29, 1.82) is 0 Å². The van der Waals surface area contributed by atoms with E-state index in [2.05, 4.69) is 30.4 Å². The predicted molar refractivity (Wildman–Crippen MR) is 108 cm³/mol. The molecule has 1 heterocycles. The third-order valence-electron chi connectivity index (χ3n) is 5.70. The molecule has 2 fully saturated rings. The van der Waals surface area contributed by atoms with Gasteiger partial charge in [-0.05, 0) is 49.8 Å². The summed E-state index contributed by atoms with van der Waals surface area (Å²) in [5, 5.41) is 0. The molecule has 3 nitrogen and oxygen atoms in total. The van der Waals surface area contributed by atoms with E-state index in [9.17, 15) is 4.79 Å². The summed E-state index contributed by atoms with van der Waals surface area (Å²) in [7, 11) is 1.69. The van der Waals surface area contributed by atoms with Crippen LogP contribution in [-0.4, -0.2) is 30.5 Å². The molecule has 5 radical (unpaired) electrons. The third kappa shape index (κ3) is 5.02. The summed E-state index contributed by atoms with van der Waals surface area (Å²) < 4.78 is 5.32. The molecule has 2 atom stereocenters. The minimum absolute atomic E-state index is 0. The number of methoxy groups -OCH3 is 1. The number of rotatable bonds is 4. The van der Waals surface area contributed by atoms with Gasteiger partial charge in [-0.25, -0.2) is 0 Å². The zero-order valence-corrected chi connectivity index (χ0v) is 16.5. The van der Waals surface area contributed by atoms with Crippen LogP contribution in [0.1, 0.15) is 57.4 Å². The van der Waals surface area contributed by atoms with Crippen molar-refractivity contribution in [3.05, 3.63) is 51.1 Å². The maximum atomic E-state index is 13.2. The summed E-state index contributed by atoms with van der Waals surface area (Å²) in [6, 6.07) is 8.48. The SMILES string of the molecule is COc1cccc(CC2(C)CCN(C3[CH]CCCCCC3)C2=O)c1.[CH2].[CH2]. The Hall–Kier alpha value is -1.51. The molecule has 1 aromatic carbocycles. The first kappa shape index (κ1) is 22.5. The second kappa shape index (κ2) is 9.99. The Morgan fingerprint density at radius 2 is 1.96 bits per heavy atom. The molecule has 1 aliphatic carbocycles. The normalized spacial score (nSPS) is 24.2. The van der Waals surface area contributed by atoms with Crippen LogP contribution in [0.4, 0.5) is 0 Å². The zero-order chi connectivity index (χ0) is 17.0. The molecular formula is C23H34NO2. The first-order valence-corrected chi connectivity index (χ1v) is 9.40. The molecule has 1 saturated carbocycles. The monoisotopic (exact) mass is 356 g/mol. The van der Waals surface area contributed by atoms with Gasteiger partial charge in [0.2, 0.25) is 5.91 Å². The van der Waals surface area contributed by atoms with Crippen molar-refractivity contribution in [1.82, 2.24) is 4.90 Å². The highest BCUT2D eigenvalue weighted by Crippen LogP contribution is 2.38. The molecule has 1 saturated heterocycles. The Labute approximate surface area is 161 Å². The van der Waals surface area contributed by atoms with Crippen molar-refractivity contribution >= 4 is 5.91 Å². The molecule has 2 aliphatic rings. The summed E-state index contributed by atoms with van der Waals surface area (Å²) in [5.41, 5.74) is 0.913. The number of hydrogen-bond donors (Lipinski definition) is 0. The molecule has 3 rings (SSSR count). The van der Waals surface area contributed by atoms with Gasteiger partial charge in [-0.1, -0.05) is 59.6 Å². The van der Waals surface area contributed by atoms with Crippen molar-refractivity contribution in [3.63, 3.8) is 0 Å². The molecule has 143 valence electrons. The van der Waals surface area contributed by atoms with E-state index in [0.717, 1.165) is 38.0 Å². The summed E-state index contributed by atoms with van der Waals surface area (Å²) in [4.78, 5) is 15.3. The first-order valence-electron chi connectivity index (χ1n) is 9.40. The summed E-state index contributed by atoms with van der Waals surface area (Å²) >= 11 is 0. The smallest absolute Gasteiger partial charge is 0.229 e. The molecule has 3 heteroatoms. The number of carbonyl (C=O) groups excluding carboxylic acids is 1. The Kier molecular flexibility index (Phi) is 8.66. The molecule has 1 amide bonds. The van der Waals surface area contributed by atoms with Gasteiger partial charge in [0.25, 0.3) is 0 Å². The highest BCUT2D eigenvalue weighted by Gasteiger charge is 2.44. The Balaban J connectivity index is 0.00000169. The van der Waals surface area contributed by atoms with E-state index >= 15 is 0 Å². The lowest BCUT2D eigenvalue weighted by molar-refractivity contribution is -0.136. The fourth-order valence-electron chi connectivity index (χ4n) is 4.20. The molecule has 0 bridgehead atoms. The molecule has 0 spiro atoms. The fraction of sp³-hybridized carbons (Fsp3) is 0.565. The van der Waals surface area contributed by atoms with Gasteiger partial charge in [0.1, 0.15) is 5.75 Å². The van der Waals surface area contributed by atoms with Crippen LogP contribution in [0.3, 0.4) is 0 Å². The van der Waals surface area contributed by atoms with Gasteiger partial charge < -0.3 is 9.64 Å². The van der Waals surface area contributed by atoms with Crippen LogP contribution in [0.2, 0.25) is 0 Å². The van der Waals surface area contributed by atoms with Crippen molar-refractivity contribution in [2.45, 2.75) is 64.3 Å². The molecule has 2 unspecified atom stereocenters. The number of nitrogens with zero attached hydrogens (tertiary/aromatic N) is 1. The third-order valence-corrected chi connectivity index (χ3v) is 5.70. The van der Waals surface area contributed by atoms with E-state index in [0.29, 0.717) is 11.9 Å². The van der Waals surface area contributed by atoms with Gasteiger partial charge in [-0.15, -0.1) is 0 Å². The van der Waals surface area contributed by atoms with E-state index in [1.807, 2.05) is 12.1 Å². The Morgan fingerprint density at radius 3 is 2.73 bits per heavy atom. The van der Waals surface area contributed by atoms with Crippen molar-refractivity contribution in [2.24, 2.45) is 5.41 Å². The van der Waals surface area contributed by atoms with Crippen molar-refractivity contribution in [2.75, 3.05) is 13.7 Å². The van der Waals surface area contributed by atoms with Gasteiger partial charge in [0.05, 0.1) is 12.5 Å². The summed E-state index contributed by atoms with van der Waals surface area (Å²) in [6.07, 6.45) is 11.6. The minimum Gasteiger partial charge on any atom is -0.497 e. The van der Waals surface area contributed by atoms with Gasteiger partial charge in [0, 0.05) is 12.6 Å². The van der Waals surface area contributed by atoms with Gasteiger partial charge in [-0.2, -0.15) is 0 Å². The molecule has 0 aromatic heterocycles. The second-order valence-corrected chi connectivity index (χ2v) is 7.63. The molecule has 26 heavy (non-hydrogen) atoms. The maximum Gasteiger partial charge on any atom is 0.229 e. The molecular weight excluding hydrogens is 322 g/mol. The highest BCUT2D eigenvalue weighted by molar-refractivity contribution is 5.85. The predicted octanol–water partition coefficient (Wildman–Crippen LogP) is 5.06. The van der Waals surface area contributed by atoms with Crippen LogP contribution >= 0.6 is 0 Å². The number of hydrogen-bond acceptors (Lipinski definition) is 2. The van der Waals surface area contributed by atoms with Crippen LogP contribution in [0.5, 0.6) is 5.75 Å². The molecule has 0 N–H and O–H groups in total. The summed E-state index contributed by atoms with van der Waals surface area (Å²) in [6.45, 7) is 3.04. The largest absolute Gasteiger partial charge is 0.497 e. The second-order valence-electron chi connectivity index (χ2n) is 7.63. The lowest BCUT2D eigenvalue weighted by atomic mass is 9.82. The minimum atomic E-state index is -0.275. The van der Waals surface area contributed by atoms with E-state index < -0.39 is 0 Å². The summed E-state index contributed by atoms with van der Waals surface area (Å²) in [5.74, 6) is 1.21. The number of carbonyl (C=O) groups is 1. The van der Waals surface area contributed by atoms with Crippen LogP contribution in [0.25, 0.3) is 0 Å². The average Bonchev–Trinajstić information content (AvgIpc) is 2.83. The maximum absolute atomic E-state index is 13.2. The zero-order valence-electron chi connectivity index (χ0n) is 16.5. The Bertz CT molecular complexity index is 563. The standard InChI is InChI=1S/C21H30NO2.2CH2/c1-21(16-17-9-8-12-19(15-17)24-2)13-14-22(20(21)23)18-10-6-4-3-5-7-11-18;;/h8-10,12,15,18H,3-7,11,13-14,16H2,1-2H3;2*1H2. The molecule has 1 aliphatic heterocycles. The Morgan fingerprint density at radius 1 is 1.19 bits per heavy atom. The highest BCUT2D eigenvalue weighted by atomic mass is 16.5. The lowest BCUT2D eigenvalue weighted by Gasteiger charge is -2.31. The van der Waals surface area contributed by atoms with E-state index in [4.69, 9.17) is 4.74 Å². The molecule has 1 aromatic rings. The van der Waals surface area contributed by atoms with E-state index in [-0.39, 0.29) is 20.3 Å². The van der Waals surface area contributed by atoms with E-state index in [1.54, 1.807) is 7.11 Å². The van der Waals surface area contributed by atoms with E-state index in [1.165, 1.54) is 31.2 Å². The van der Waals surface area contributed by atoms with Crippen molar-refractivity contribution in [3.8, 4) is 5.75 Å².